The molecule has 0 fully saturated rings. The van der Waals surface area contributed by atoms with Gasteiger partial charge in [0, 0.05) is 54.3 Å². The molecule has 0 bridgehead atoms. The predicted octanol–water partition coefficient (Wildman–Crippen LogP) is 6.23. The molecule has 0 unspecified atom stereocenters. The van der Waals surface area contributed by atoms with E-state index in [0.29, 0.717) is 51.2 Å². The number of hydrogen-bond acceptors (Lipinski definition) is 9. The molecule has 0 radical (unpaired) electrons. The maximum absolute atomic E-state index is 12.0. The summed E-state index contributed by atoms with van der Waals surface area (Å²) < 4.78 is 17.4. The van der Waals surface area contributed by atoms with Crippen LogP contribution in [0.15, 0.2) is 103 Å². The van der Waals surface area contributed by atoms with Crippen LogP contribution >= 0.6 is 23.2 Å². The summed E-state index contributed by atoms with van der Waals surface area (Å²) in [5.41, 5.74) is 11.3. The smallest absolute Gasteiger partial charge is 0.408 e. The third-order valence-corrected chi connectivity index (χ3v) is 6.90. The van der Waals surface area contributed by atoms with Crippen LogP contribution in [0.5, 0.6) is 0 Å². The quantitative estimate of drug-likeness (QED) is 0.121. The molecule has 0 saturated carbocycles. The lowest BCUT2D eigenvalue weighted by atomic mass is 10.2. The Morgan fingerprint density at radius 1 is 0.708 bits per heavy atom. The Labute approximate surface area is 283 Å². The fourth-order valence-corrected chi connectivity index (χ4v) is 4.91. The summed E-state index contributed by atoms with van der Waals surface area (Å²) in [6.07, 6.45) is 0. The van der Waals surface area contributed by atoms with E-state index in [1.54, 1.807) is 53.1 Å². The van der Waals surface area contributed by atoms with Gasteiger partial charge in [-0.3, -0.25) is 23.5 Å². The first kappa shape index (κ1) is 35.3. The third-order valence-electron chi connectivity index (χ3n) is 6.43. The van der Waals surface area contributed by atoms with Gasteiger partial charge in [-0.15, -0.1) is 0 Å². The highest BCUT2D eigenvalue weighted by Crippen LogP contribution is 2.21. The van der Waals surface area contributed by atoms with Crippen molar-refractivity contribution in [3.63, 3.8) is 0 Å². The van der Waals surface area contributed by atoms with Crippen LogP contribution in [0.1, 0.15) is 31.9 Å². The minimum atomic E-state index is -0.562. The summed E-state index contributed by atoms with van der Waals surface area (Å²) in [6.45, 7) is 4.58. The average Bonchev–Trinajstić information content (AvgIpc) is 3.46. The van der Waals surface area contributed by atoms with Gasteiger partial charge in [-0.1, -0.05) is 47.5 Å². The molecule has 2 heterocycles. The highest BCUT2D eigenvalue weighted by atomic mass is 35.5. The first-order chi connectivity index (χ1) is 22.8. The second kappa shape index (κ2) is 15.8. The average molecular weight is 694 g/mol. The number of amides is 1. The van der Waals surface area contributed by atoms with Crippen LogP contribution in [0.4, 0.5) is 11.4 Å². The van der Waals surface area contributed by atoms with Crippen molar-refractivity contribution in [2.75, 3.05) is 11.1 Å². The number of nitrogens with zero attached hydrogens (tertiary/aromatic N) is 2. The molecule has 48 heavy (non-hydrogen) atoms. The molecule has 0 saturated heterocycles. The van der Waals surface area contributed by atoms with Gasteiger partial charge in [-0.25, -0.2) is 9.59 Å². The Kier molecular flexibility index (Phi) is 11.6. The molecule has 14 heteroatoms. The van der Waals surface area contributed by atoms with Gasteiger partial charge in [0.15, 0.2) is 11.2 Å². The minimum Gasteiger partial charge on any atom is -0.408 e. The number of nitrogen functional groups attached to an aromatic ring is 1. The van der Waals surface area contributed by atoms with Gasteiger partial charge >= 0.3 is 23.5 Å². The van der Waals surface area contributed by atoms with Crippen LogP contribution in [0.2, 0.25) is 10.0 Å². The van der Waals surface area contributed by atoms with Crippen molar-refractivity contribution in [2.24, 2.45) is 0 Å². The summed E-state index contributed by atoms with van der Waals surface area (Å²) in [4.78, 5) is 54.6. The van der Waals surface area contributed by atoms with E-state index in [1.807, 2.05) is 36.4 Å². The zero-order valence-electron chi connectivity index (χ0n) is 26.0. The largest absolute Gasteiger partial charge is 0.420 e. The SMILES string of the molecule is CC(=O)Nc1cccc(Cn2c(=O)oc3cc(Cl)ccc32)c1.CC(=O)OC(C)=O.Nc1cccc(Cn2c(=O)oc3cc(Cl)ccc32)c1. The van der Waals surface area contributed by atoms with Crippen LogP contribution in [-0.2, 0) is 32.2 Å². The molecule has 248 valence electrons. The molecule has 6 rings (SSSR count). The number of carbonyl (C=O) groups is 3. The first-order valence-corrected chi connectivity index (χ1v) is 15.0. The Balaban J connectivity index is 0.000000183. The first-order valence-electron chi connectivity index (χ1n) is 14.3. The summed E-state index contributed by atoms with van der Waals surface area (Å²) >= 11 is 11.8. The second-order valence-electron chi connectivity index (χ2n) is 10.3. The van der Waals surface area contributed by atoms with E-state index in [1.165, 1.54) is 25.3 Å². The van der Waals surface area contributed by atoms with Gasteiger partial charge in [0.25, 0.3) is 0 Å². The zero-order valence-corrected chi connectivity index (χ0v) is 27.5. The number of anilines is 2. The van der Waals surface area contributed by atoms with E-state index in [-0.39, 0.29) is 5.91 Å². The lowest BCUT2D eigenvalue weighted by molar-refractivity contribution is -0.156. The number of ether oxygens (including phenoxy) is 1. The van der Waals surface area contributed by atoms with Crippen molar-refractivity contribution in [3.05, 3.63) is 127 Å². The van der Waals surface area contributed by atoms with E-state index in [2.05, 4.69) is 10.1 Å². The van der Waals surface area contributed by atoms with Gasteiger partial charge in [0.05, 0.1) is 24.1 Å². The van der Waals surface area contributed by atoms with Crippen LogP contribution in [0.25, 0.3) is 22.2 Å². The monoisotopic (exact) mass is 692 g/mol. The van der Waals surface area contributed by atoms with Gasteiger partial charge in [-0.05, 0) is 59.7 Å². The van der Waals surface area contributed by atoms with Crippen molar-refractivity contribution in [1.82, 2.24) is 9.13 Å². The van der Waals surface area contributed by atoms with Crippen molar-refractivity contribution < 1.29 is 28.0 Å². The molecule has 12 nitrogen and oxygen atoms in total. The third kappa shape index (κ3) is 9.71. The maximum Gasteiger partial charge on any atom is 0.420 e. The van der Waals surface area contributed by atoms with Crippen LogP contribution in [-0.4, -0.2) is 27.0 Å². The molecule has 0 aliphatic rings. The van der Waals surface area contributed by atoms with Gasteiger partial charge in [-0.2, -0.15) is 0 Å². The molecule has 1 amide bonds. The topological polar surface area (TPSA) is 169 Å². The number of benzene rings is 4. The fraction of sp³-hybridized carbons (Fsp3) is 0.147. The number of rotatable bonds is 5. The van der Waals surface area contributed by atoms with E-state index < -0.39 is 23.5 Å². The maximum atomic E-state index is 12.0. The van der Waals surface area contributed by atoms with Crippen molar-refractivity contribution in [2.45, 2.75) is 33.9 Å². The highest BCUT2D eigenvalue weighted by Gasteiger charge is 2.11. The Bertz CT molecular complexity index is 2220. The second-order valence-corrected chi connectivity index (χ2v) is 11.2. The summed E-state index contributed by atoms with van der Waals surface area (Å²) in [5, 5.41) is 3.77. The summed E-state index contributed by atoms with van der Waals surface area (Å²) in [5.74, 6) is -2.11. The number of aromatic nitrogens is 2. The number of fused-ring (bicyclic) bond motifs is 2. The normalized spacial score (nSPS) is 10.4. The molecular weight excluding hydrogens is 663 g/mol. The van der Waals surface area contributed by atoms with Crippen LogP contribution in [0.3, 0.4) is 0 Å². The number of halogens is 2. The van der Waals surface area contributed by atoms with Crippen molar-refractivity contribution in [3.8, 4) is 0 Å². The molecule has 2 aromatic heterocycles. The van der Waals surface area contributed by atoms with Crippen molar-refractivity contribution >= 4 is 74.6 Å². The highest BCUT2D eigenvalue weighted by molar-refractivity contribution is 6.31. The predicted molar refractivity (Wildman–Crippen MR) is 183 cm³/mol. The molecule has 0 aliphatic carbocycles. The fourth-order valence-electron chi connectivity index (χ4n) is 4.59. The molecule has 0 spiro atoms. The number of carbonyl (C=O) groups excluding carboxylic acids is 3. The number of hydrogen-bond donors (Lipinski definition) is 2. The van der Waals surface area contributed by atoms with E-state index in [4.69, 9.17) is 37.8 Å². The minimum absolute atomic E-state index is 0.141. The van der Waals surface area contributed by atoms with Crippen molar-refractivity contribution in [1.29, 1.82) is 0 Å². The van der Waals surface area contributed by atoms with Crippen LogP contribution in [0, 0.1) is 0 Å². The van der Waals surface area contributed by atoms with Gasteiger partial charge in [0.2, 0.25) is 5.91 Å². The Morgan fingerprint density at radius 3 is 1.62 bits per heavy atom. The van der Waals surface area contributed by atoms with Gasteiger partial charge in [0.1, 0.15) is 0 Å². The van der Waals surface area contributed by atoms with E-state index in [0.717, 1.165) is 16.6 Å². The number of esters is 2. The van der Waals surface area contributed by atoms with Gasteiger partial charge < -0.3 is 24.6 Å². The molecule has 0 atom stereocenters. The Morgan fingerprint density at radius 2 is 1.19 bits per heavy atom. The number of oxazole rings is 2. The lowest BCUT2D eigenvalue weighted by Gasteiger charge is -2.06. The summed E-state index contributed by atoms with van der Waals surface area (Å²) in [6, 6.07) is 24.9. The number of nitrogens with two attached hydrogens (primary N) is 1. The summed E-state index contributed by atoms with van der Waals surface area (Å²) in [7, 11) is 0. The zero-order chi connectivity index (χ0) is 35.0. The lowest BCUT2D eigenvalue weighted by Crippen LogP contribution is -2.15. The molecule has 0 aliphatic heterocycles. The molecule has 4 aromatic carbocycles. The Hall–Kier alpha value is -5.59. The standard InChI is InChI=1S/C16H13ClN2O3.C14H11ClN2O2.C4H6O3/c1-10(20)18-13-4-2-3-11(7-13)9-19-14-6-5-12(17)8-15(14)22-16(19)21;15-10-4-5-12-13(7-10)19-14(18)17(12)8-9-2-1-3-11(16)6-9;1-3(5)7-4(2)6/h2-8H,9H2,1H3,(H,18,20);1-7H,8,16H2;1-2H3. The van der Waals surface area contributed by atoms with E-state index >= 15 is 0 Å². The van der Waals surface area contributed by atoms with E-state index in [9.17, 15) is 24.0 Å². The molecule has 6 aromatic rings. The number of nitrogens with one attached hydrogen (secondary N) is 1. The molecule has 3 N–H and O–H groups in total. The molecular formula is C34H30Cl2N4O8. The van der Waals surface area contributed by atoms with Crippen LogP contribution < -0.4 is 22.6 Å².